The summed E-state index contributed by atoms with van der Waals surface area (Å²) in [5.41, 5.74) is 7.03. The molecule has 5 N–H and O–H groups in total. The van der Waals surface area contributed by atoms with Gasteiger partial charge in [0.05, 0.1) is 46.5 Å². The molecule has 0 saturated heterocycles. The number of pyridine rings is 1. The number of nitrogens with one attached hydrogen (secondary N) is 1. The van der Waals surface area contributed by atoms with E-state index < -0.39 is 16.7 Å². The molecule has 0 spiro atoms. The molecular weight excluding hydrogens is 1070 g/mol. The summed E-state index contributed by atoms with van der Waals surface area (Å²) in [6.45, 7) is 40.3. The number of non-ortho nitro benzene ring substituents is 1. The Kier molecular flexibility index (Phi) is 42.4. The number of esters is 1. The standard InChI is InChI=1S/C14H17NO2.C13H17NO4.C12H15ClFN3.C6H13NO2.C6H15N.2C6H14O/c1-4-12(9(2)3)15-13(16)10-7-5-6-8-11(10)14(15)17;1-4-12(9(2)3)18-13(15)10-5-7-11(8-6-10)14(16)17;1-4-10(7(2)3)16-12-9(14)5-8(6-15)11(13)17-12;1-5(2)6(8)7(3)9-4;3*1-4-6(7)5(2)3/h5-9,12H,4H2,1-3H3;5-9,12H,4H2,1-3H3;5,7,10H,4H2,1-3H3,(H,16,17);5H,1-4H3;5-6H,4,7H2,1-3H3;2*5-7H,4H2,1-3H3/t12-;;10-;;6-;;/m1.1.1../s1. The summed E-state index contributed by atoms with van der Waals surface area (Å²) in [6, 6.07) is 15.9. The minimum absolute atomic E-state index is 0.00231. The predicted octanol–water partition coefficient (Wildman–Crippen LogP) is 14.4. The summed E-state index contributed by atoms with van der Waals surface area (Å²) in [5, 5.41) is 41.3. The van der Waals surface area contributed by atoms with Crippen LogP contribution in [0.3, 0.4) is 0 Å². The Balaban J connectivity index is -0.000000924. The van der Waals surface area contributed by atoms with Crippen LogP contribution in [0.15, 0.2) is 54.6 Å². The van der Waals surface area contributed by atoms with Gasteiger partial charge in [-0.1, -0.05) is 162 Å². The SMILES string of the molecule is CCC(O)C(C)C.CCC(O)C(C)C.CCC(OC(=O)c1ccc([N+](=O)[O-])cc1)C(C)C.CC[C@@H](N)C(C)C.CC[C@@H](Nc1nc(Cl)c(C#N)cc1F)C(C)C.CC[C@H](C(C)C)N1C(=O)c2ccccc2C1=O.CON(C)C(=O)C(C)C. The van der Waals surface area contributed by atoms with E-state index in [1.54, 1.807) is 37.4 Å². The zero-order valence-corrected chi connectivity index (χ0v) is 54.4. The number of halogens is 2. The van der Waals surface area contributed by atoms with Gasteiger partial charge in [0.2, 0.25) is 5.91 Å². The fraction of sp³-hybridized carbons (Fsp3) is 0.651. The molecule has 2 heterocycles. The lowest BCUT2D eigenvalue weighted by atomic mass is 10.00. The van der Waals surface area contributed by atoms with Crippen LogP contribution in [0.4, 0.5) is 15.9 Å². The number of anilines is 1. The van der Waals surface area contributed by atoms with E-state index in [-0.39, 0.29) is 88.1 Å². The zero-order chi connectivity index (χ0) is 64.3. The van der Waals surface area contributed by atoms with Crippen molar-refractivity contribution in [2.45, 2.75) is 213 Å². The third kappa shape index (κ3) is 30.1. The van der Waals surface area contributed by atoms with Crippen molar-refractivity contribution < 1.29 is 48.3 Å². The zero-order valence-electron chi connectivity index (χ0n) is 53.7. The van der Waals surface area contributed by atoms with Crippen LogP contribution in [0, 0.1) is 68.7 Å². The van der Waals surface area contributed by atoms with Crippen molar-refractivity contribution in [3.8, 4) is 6.07 Å². The van der Waals surface area contributed by atoms with Crippen LogP contribution in [-0.2, 0) is 14.4 Å². The van der Waals surface area contributed by atoms with Crippen LogP contribution < -0.4 is 11.1 Å². The highest BCUT2D eigenvalue weighted by Gasteiger charge is 2.40. The maximum absolute atomic E-state index is 13.6. The van der Waals surface area contributed by atoms with E-state index in [4.69, 9.17) is 37.5 Å². The lowest BCUT2D eigenvalue weighted by Crippen LogP contribution is -2.42. The molecule has 1 aliphatic heterocycles. The first-order valence-electron chi connectivity index (χ1n) is 29.0. The third-order valence-corrected chi connectivity index (χ3v) is 13.7. The molecule has 82 heavy (non-hydrogen) atoms. The molecule has 3 amide bonds. The lowest BCUT2D eigenvalue weighted by Gasteiger charge is -2.28. The van der Waals surface area contributed by atoms with E-state index in [0.717, 1.165) is 44.6 Å². The molecule has 0 radical (unpaired) electrons. The first-order valence-corrected chi connectivity index (χ1v) is 29.4. The summed E-state index contributed by atoms with van der Waals surface area (Å²) in [4.78, 5) is 67.1. The summed E-state index contributed by atoms with van der Waals surface area (Å²) in [7, 11) is 3.07. The minimum atomic E-state index is -0.551. The number of fused-ring (bicyclic) bond motifs is 1. The number of nitrogens with two attached hydrogens (primary N) is 1. The normalized spacial score (nSPS) is 13.6. The number of nitriles is 1. The molecular formula is C63H105ClFN7O10. The maximum Gasteiger partial charge on any atom is 0.338 e. The Morgan fingerprint density at radius 1 is 0.756 bits per heavy atom. The lowest BCUT2D eigenvalue weighted by molar-refractivity contribution is -0.384. The van der Waals surface area contributed by atoms with E-state index in [2.05, 4.69) is 35.9 Å². The molecule has 19 heteroatoms. The second-order valence-corrected chi connectivity index (χ2v) is 22.6. The van der Waals surface area contributed by atoms with Crippen molar-refractivity contribution >= 4 is 46.8 Å². The van der Waals surface area contributed by atoms with Crippen LogP contribution in [0.5, 0.6) is 0 Å². The smallest absolute Gasteiger partial charge is 0.338 e. The predicted molar refractivity (Wildman–Crippen MR) is 330 cm³/mol. The third-order valence-electron chi connectivity index (χ3n) is 13.5. The Bertz CT molecular complexity index is 2280. The molecule has 1 aliphatic rings. The molecule has 6 atom stereocenters. The molecule has 17 nitrogen and oxygen atoms in total. The number of nitro groups is 1. The topological polar surface area (TPSA) is 252 Å². The Morgan fingerprint density at radius 3 is 1.50 bits per heavy atom. The molecule has 466 valence electrons. The van der Waals surface area contributed by atoms with Gasteiger partial charge in [0.25, 0.3) is 17.5 Å². The monoisotopic (exact) mass is 1170 g/mol. The average molecular weight is 1180 g/mol. The Hall–Kier alpha value is -5.58. The van der Waals surface area contributed by atoms with Crippen molar-refractivity contribution in [1.29, 1.82) is 5.26 Å². The van der Waals surface area contributed by atoms with Gasteiger partial charge in [-0.25, -0.2) is 19.2 Å². The number of carbonyl (C=O) groups is 4. The fourth-order valence-electron chi connectivity index (χ4n) is 7.51. The second-order valence-electron chi connectivity index (χ2n) is 22.2. The largest absolute Gasteiger partial charge is 0.459 e. The van der Waals surface area contributed by atoms with E-state index in [1.807, 2.05) is 118 Å². The number of nitro benzene ring substituents is 1. The van der Waals surface area contributed by atoms with Crippen molar-refractivity contribution in [2.75, 3.05) is 19.5 Å². The van der Waals surface area contributed by atoms with Gasteiger partial charge in [-0.3, -0.25) is 34.2 Å². The number of rotatable bonds is 20. The number of aliphatic hydroxyl groups excluding tert-OH is 2. The van der Waals surface area contributed by atoms with Gasteiger partial charge in [-0.05, 0) is 104 Å². The highest BCUT2D eigenvalue weighted by Crippen LogP contribution is 2.28. The van der Waals surface area contributed by atoms with Gasteiger partial charge in [-0.15, -0.1) is 0 Å². The van der Waals surface area contributed by atoms with Gasteiger partial charge >= 0.3 is 5.97 Å². The number of amides is 3. The van der Waals surface area contributed by atoms with Gasteiger partial charge in [0, 0.05) is 43.2 Å². The fourth-order valence-corrected chi connectivity index (χ4v) is 7.69. The van der Waals surface area contributed by atoms with Crippen LogP contribution in [0.25, 0.3) is 0 Å². The van der Waals surface area contributed by atoms with Crippen molar-refractivity contribution in [2.24, 2.45) is 47.2 Å². The van der Waals surface area contributed by atoms with Crippen LogP contribution in [0.1, 0.15) is 214 Å². The molecule has 0 fully saturated rings. The van der Waals surface area contributed by atoms with Crippen molar-refractivity contribution in [3.05, 3.63) is 97.9 Å². The van der Waals surface area contributed by atoms with Gasteiger partial charge < -0.3 is 26.0 Å². The van der Waals surface area contributed by atoms with Gasteiger partial charge in [0.15, 0.2) is 11.6 Å². The number of aromatic nitrogens is 1. The molecule has 1 aromatic heterocycles. The Morgan fingerprint density at radius 2 is 1.23 bits per heavy atom. The number of ether oxygens (including phenoxy) is 1. The molecule has 0 saturated carbocycles. The van der Waals surface area contributed by atoms with Crippen molar-refractivity contribution in [1.82, 2.24) is 14.9 Å². The molecule has 2 aromatic carbocycles. The number of nitrogens with zero attached hydrogens (tertiary/aromatic N) is 5. The number of hydrogen-bond acceptors (Lipinski definition) is 14. The molecule has 0 bridgehead atoms. The summed E-state index contributed by atoms with van der Waals surface area (Å²) < 4.78 is 19.0. The highest BCUT2D eigenvalue weighted by molar-refractivity contribution is 6.30. The summed E-state index contributed by atoms with van der Waals surface area (Å²) in [6.07, 6.45) is 4.91. The van der Waals surface area contributed by atoms with E-state index in [9.17, 15) is 33.7 Å². The first-order chi connectivity index (χ1) is 38.1. The number of benzene rings is 2. The van der Waals surface area contributed by atoms with E-state index >= 15 is 0 Å². The maximum atomic E-state index is 13.6. The summed E-state index contributed by atoms with van der Waals surface area (Å²) >= 11 is 5.77. The molecule has 0 aliphatic carbocycles. The average Bonchev–Trinajstić information content (AvgIpc) is 3.81. The van der Waals surface area contributed by atoms with Crippen LogP contribution in [-0.4, -0.2) is 104 Å². The number of hydroxylamine groups is 2. The first kappa shape index (κ1) is 80.6. The summed E-state index contributed by atoms with van der Waals surface area (Å²) in [5.74, 6) is 1.20. The minimum Gasteiger partial charge on any atom is -0.459 e. The van der Waals surface area contributed by atoms with E-state index in [0.29, 0.717) is 46.4 Å². The van der Waals surface area contributed by atoms with Gasteiger partial charge in [0.1, 0.15) is 17.3 Å². The van der Waals surface area contributed by atoms with Crippen LogP contribution in [0.2, 0.25) is 5.15 Å². The van der Waals surface area contributed by atoms with Crippen LogP contribution >= 0.6 is 11.6 Å². The number of aliphatic hydroxyl groups is 2. The second kappa shape index (κ2) is 43.1. The number of imide groups is 1. The number of hydrogen-bond donors (Lipinski definition) is 4. The quantitative estimate of drug-likeness (QED) is 0.0270. The molecule has 4 rings (SSSR count). The Labute approximate surface area is 497 Å². The van der Waals surface area contributed by atoms with E-state index in [1.165, 1.54) is 41.3 Å². The van der Waals surface area contributed by atoms with Crippen molar-refractivity contribution in [3.63, 3.8) is 0 Å². The molecule has 3 aromatic rings. The van der Waals surface area contributed by atoms with Gasteiger partial charge in [-0.2, -0.15) is 5.26 Å². The number of carbonyl (C=O) groups excluding carboxylic acids is 4. The molecule has 3 unspecified atom stereocenters. The highest BCUT2D eigenvalue weighted by atomic mass is 35.5.